The average molecular weight is 442 g/mol. The van der Waals surface area contributed by atoms with Crippen molar-refractivity contribution in [1.82, 2.24) is 15.5 Å². The summed E-state index contributed by atoms with van der Waals surface area (Å²) in [5.74, 6) is -0.208. The molecule has 0 spiro atoms. The number of rotatable bonds is 4. The Bertz CT molecular complexity index is 1170. The lowest BCUT2D eigenvalue weighted by atomic mass is 9.88. The second-order valence-electron chi connectivity index (χ2n) is 8.19. The first-order valence-corrected chi connectivity index (χ1v) is 11.1. The van der Waals surface area contributed by atoms with Crippen molar-refractivity contribution in [1.29, 1.82) is 0 Å². The van der Waals surface area contributed by atoms with E-state index in [1.807, 2.05) is 36.4 Å². The summed E-state index contributed by atoms with van der Waals surface area (Å²) >= 11 is 5.58. The van der Waals surface area contributed by atoms with E-state index in [1.165, 1.54) is 28.8 Å². The molecule has 3 nitrogen and oxygen atoms in total. The molecule has 0 aromatic heterocycles. The SMILES string of the molecule is Fc1ccc(CN2CC3=C(NC(=S)NC3c3ccccc3)/C(=C/c3ccccc3)C2)cc1. The van der Waals surface area contributed by atoms with Gasteiger partial charge in [0.1, 0.15) is 5.82 Å². The molecule has 2 N–H and O–H groups in total. The first-order valence-electron chi connectivity index (χ1n) is 10.7. The Morgan fingerprint density at radius 2 is 1.59 bits per heavy atom. The maximum atomic E-state index is 13.4. The lowest BCUT2D eigenvalue weighted by Crippen LogP contribution is -2.49. The van der Waals surface area contributed by atoms with Gasteiger partial charge in [-0.3, -0.25) is 4.90 Å². The Labute approximate surface area is 193 Å². The molecule has 160 valence electrons. The highest BCUT2D eigenvalue weighted by atomic mass is 32.1. The summed E-state index contributed by atoms with van der Waals surface area (Å²) in [7, 11) is 0. The minimum atomic E-state index is -0.208. The summed E-state index contributed by atoms with van der Waals surface area (Å²) < 4.78 is 13.4. The molecule has 3 aromatic carbocycles. The molecule has 1 atom stereocenters. The molecule has 0 aliphatic carbocycles. The molecule has 0 amide bonds. The van der Waals surface area contributed by atoms with Crippen molar-refractivity contribution in [2.24, 2.45) is 0 Å². The van der Waals surface area contributed by atoms with Gasteiger partial charge >= 0.3 is 0 Å². The van der Waals surface area contributed by atoms with E-state index >= 15 is 0 Å². The fourth-order valence-corrected chi connectivity index (χ4v) is 4.64. The van der Waals surface area contributed by atoms with Gasteiger partial charge in [0.15, 0.2) is 5.11 Å². The molecule has 32 heavy (non-hydrogen) atoms. The average Bonchev–Trinajstić information content (AvgIpc) is 2.82. The van der Waals surface area contributed by atoms with Crippen molar-refractivity contribution in [2.45, 2.75) is 12.6 Å². The van der Waals surface area contributed by atoms with E-state index in [-0.39, 0.29) is 11.9 Å². The molecule has 5 heteroatoms. The predicted octanol–water partition coefficient (Wildman–Crippen LogP) is 5.20. The van der Waals surface area contributed by atoms with Gasteiger partial charge in [-0.15, -0.1) is 0 Å². The monoisotopic (exact) mass is 441 g/mol. The zero-order valence-electron chi connectivity index (χ0n) is 17.6. The molecule has 0 bridgehead atoms. The van der Waals surface area contributed by atoms with Gasteiger partial charge in [-0.1, -0.05) is 72.8 Å². The summed E-state index contributed by atoms with van der Waals surface area (Å²) in [6, 6.07) is 27.5. The Morgan fingerprint density at radius 1 is 0.906 bits per heavy atom. The van der Waals surface area contributed by atoms with Crippen molar-refractivity contribution < 1.29 is 4.39 Å². The molecule has 0 radical (unpaired) electrons. The molecule has 0 saturated heterocycles. The van der Waals surface area contributed by atoms with Crippen LogP contribution in [0.2, 0.25) is 0 Å². The van der Waals surface area contributed by atoms with Crippen molar-refractivity contribution >= 4 is 23.4 Å². The maximum absolute atomic E-state index is 13.4. The summed E-state index contributed by atoms with van der Waals surface area (Å²) in [5.41, 5.74) is 7.01. The Morgan fingerprint density at radius 3 is 2.31 bits per heavy atom. The second-order valence-corrected chi connectivity index (χ2v) is 8.60. The first kappa shape index (κ1) is 20.6. The quantitative estimate of drug-likeness (QED) is 0.545. The van der Waals surface area contributed by atoms with Gasteiger partial charge in [0, 0.05) is 25.3 Å². The van der Waals surface area contributed by atoms with E-state index in [2.05, 4.69) is 58.0 Å². The van der Waals surface area contributed by atoms with Gasteiger partial charge in [0.25, 0.3) is 0 Å². The molecule has 5 rings (SSSR count). The van der Waals surface area contributed by atoms with Crippen LogP contribution in [0.4, 0.5) is 4.39 Å². The summed E-state index contributed by atoms with van der Waals surface area (Å²) in [4.78, 5) is 2.40. The maximum Gasteiger partial charge on any atom is 0.171 e. The van der Waals surface area contributed by atoms with Crippen molar-refractivity contribution in [3.8, 4) is 0 Å². The lowest BCUT2D eigenvalue weighted by molar-refractivity contribution is 0.292. The molecule has 2 aliphatic rings. The summed E-state index contributed by atoms with van der Waals surface area (Å²) in [6.07, 6.45) is 2.23. The number of halogens is 1. The predicted molar refractivity (Wildman–Crippen MR) is 131 cm³/mol. The van der Waals surface area contributed by atoms with Crippen LogP contribution in [0.25, 0.3) is 6.08 Å². The van der Waals surface area contributed by atoms with Gasteiger partial charge < -0.3 is 10.6 Å². The fraction of sp³-hybridized carbons (Fsp3) is 0.148. The molecular weight excluding hydrogens is 417 g/mol. The number of nitrogens with zero attached hydrogens (tertiary/aromatic N) is 1. The van der Waals surface area contributed by atoms with Crippen LogP contribution >= 0.6 is 12.2 Å². The summed E-state index contributed by atoms with van der Waals surface area (Å²) in [6.45, 7) is 2.32. The minimum absolute atomic E-state index is 0.00939. The van der Waals surface area contributed by atoms with Crippen molar-refractivity contribution in [3.63, 3.8) is 0 Å². The molecule has 2 aliphatic heterocycles. The van der Waals surface area contributed by atoms with Gasteiger partial charge in [-0.25, -0.2) is 4.39 Å². The van der Waals surface area contributed by atoms with E-state index in [1.54, 1.807) is 0 Å². The van der Waals surface area contributed by atoms with Crippen LogP contribution in [0.3, 0.4) is 0 Å². The Balaban J connectivity index is 1.55. The van der Waals surface area contributed by atoms with Crippen molar-refractivity contribution in [3.05, 3.63) is 124 Å². The van der Waals surface area contributed by atoms with Crippen LogP contribution < -0.4 is 10.6 Å². The standard InChI is InChI=1S/C27H24FN3S/c28-23-13-11-20(12-14-23)16-31-17-22(15-19-7-3-1-4-8-19)26-24(18-31)25(29-27(32)30-26)21-9-5-2-6-10-21/h1-15,25H,16-18H2,(H2,29,30,32)/b22-15+. The van der Waals surface area contributed by atoms with E-state index in [4.69, 9.17) is 12.2 Å². The number of hydrogen-bond acceptors (Lipinski definition) is 2. The van der Waals surface area contributed by atoms with Crippen LogP contribution in [0.5, 0.6) is 0 Å². The lowest BCUT2D eigenvalue weighted by Gasteiger charge is -2.40. The highest BCUT2D eigenvalue weighted by Gasteiger charge is 2.33. The zero-order chi connectivity index (χ0) is 21.9. The molecule has 1 unspecified atom stereocenters. The first-order chi connectivity index (χ1) is 15.7. The van der Waals surface area contributed by atoms with Gasteiger partial charge in [-0.05, 0) is 58.3 Å². The fourth-order valence-electron chi connectivity index (χ4n) is 4.42. The largest absolute Gasteiger partial charge is 0.352 e. The number of thiocarbonyl (C=S) groups is 1. The third-order valence-electron chi connectivity index (χ3n) is 5.89. The van der Waals surface area contributed by atoms with Crippen LogP contribution in [0.1, 0.15) is 22.7 Å². The van der Waals surface area contributed by atoms with E-state index in [0.717, 1.165) is 36.5 Å². The van der Waals surface area contributed by atoms with Crippen LogP contribution in [0.15, 0.2) is 102 Å². The van der Waals surface area contributed by atoms with Crippen LogP contribution in [0, 0.1) is 5.82 Å². The van der Waals surface area contributed by atoms with Gasteiger partial charge in [0.05, 0.1) is 6.04 Å². The molecule has 0 fully saturated rings. The van der Waals surface area contributed by atoms with Crippen LogP contribution in [-0.4, -0.2) is 23.1 Å². The van der Waals surface area contributed by atoms with E-state index < -0.39 is 0 Å². The normalized spacial score (nSPS) is 20.0. The smallest absolute Gasteiger partial charge is 0.171 e. The third kappa shape index (κ3) is 4.49. The Hall–Kier alpha value is -3.28. The highest BCUT2D eigenvalue weighted by Crippen LogP contribution is 2.34. The Kier molecular flexibility index (Phi) is 5.84. The van der Waals surface area contributed by atoms with Gasteiger partial charge in [0.2, 0.25) is 0 Å². The second kappa shape index (κ2) is 9.07. The molecule has 2 heterocycles. The minimum Gasteiger partial charge on any atom is -0.352 e. The number of benzene rings is 3. The van der Waals surface area contributed by atoms with Crippen LogP contribution in [-0.2, 0) is 6.54 Å². The zero-order valence-corrected chi connectivity index (χ0v) is 18.4. The topological polar surface area (TPSA) is 27.3 Å². The molecule has 0 saturated carbocycles. The van der Waals surface area contributed by atoms with Gasteiger partial charge in [-0.2, -0.15) is 0 Å². The van der Waals surface area contributed by atoms with E-state index in [0.29, 0.717) is 5.11 Å². The van der Waals surface area contributed by atoms with E-state index in [9.17, 15) is 4.39 Å². The number of hydrogen-bond donors (Lipinski definition) is 2. The highest BCUT2D eigenvalue weighted by molar-refractivity contribution is 7.80. The third-order valence-corrected chi connectivity index (χ3v) is 6.11. The number of nitrogens with one attached hydrogen (secondary N) is 2. The summed E-state index contributed by atoms with van der Waals surface area (Å²) in [5, 5.41) is 7.55. The molecule has 3 aromatic rings. The molecular formula is C27H24FN3S. The van der Waals surface area contributed by atoms with Crippen molar-refractivity contribution in [2.75, 3.05) is 13.1 Å².